The van der Waals surface area contributed by atoms with Crippen LogP contribution in [-0.2, 0) is 14.8 Å². The molecule has 1 aromatic rings. The van der Waals surface area contributed by atoms with Gasteiger partial charge in [0.2, 0.25) is 10.0 Å². The Kier molecular flexibility index (Phi) is 6.56. The van der Waals surface area contributed by atoms with Crippen molar-refractivity contribution >= 4 is 15.8 Å². The maximum atomic E-state index is 12.5. The molecule has 0 spiro atoms. The molecular weight excluding hydrogens is 306 g/mol. The number of rotatable bonds is 8. The molecule has 0 saturated carbocycles. The summed E-state index contributed by atoms with van der Waals surface area (Å²) in [5.74, 6) is 0.602. The molecule has 0 radical (unpaired) electrons. The fourth-order valence-electron chi connectivity index (χ4n) is 2.31. The molecule has 0 aliphatic carbocycles. The van der Waals surface area contributed by atoms with E-state index in [0.717, 1.165) is 19.3 Å². The first kappa shape index (κ1) is 17.1. The Morgan fingerprint density at radius 2 is 2.00 bits per heavy atom. The summed E-state index contributed by atoms with van der Waals surface area (Å²) in [4.78, 5) is 4.37. The van der Waals surface area contributed by atoms with Crippen LogP contribution in [0.1, 0.15) is 19.3 Å². The number of aliphatic hydroxyl groups is 1. The van der Waals surface area contributed by atoms with E-state index in [1.807, 2.05) is 0 Å². The number of sulfonamides is 1. The van der Waals surface area contributed by atoms with E-state index in [1.165, 1.54) is 10.5 Å². The molecule has 1 aliphatic rings. The maximum absolute atomic E-state index is 12.5. The Morgan fingerprint density at radius 3 is 2.64 bits per heavy atom. The normalized spacial score (nSPS) is 16.6. The molecular formula is C14H23N3O4S. The van der Waals surface area contributed by atoms with Crippen LogP contribution >= 0.6 is 0 Å². The lowest BCUT2D eigenvalue weighted by Crippen LogP contribution is -2.35. The summed E-state index contributed by atoms with van der Waals surface area (Å²) >= 11 is 0. The van der Waals surface area contributed by atoms with E-state index in [9.17, 15) is 8.42 Å². The van der Waals surface area contributed by atoms with E-state index < -0.39 is 10.0 Å². The van der Waals surface area contributed by atoms with Crippen molar-refractivity contribution in [1.82, 2.24) is 9.29 Å². The zero-order valence-electron chi connectivity index (χ0n) is 12.6. The average molecular weight is 329 g/mol. The van der Waals surface area contributed by atoms with E-state index in [1.54, 1.807) is 12.1 Å². The fourth-order valence-corrected chi connectivity index (χ4v) is 3.77. The summed E-state index contributed by atoms with van der Waals surface area (Å²) < 4.78 is 31.6. The second-order valence-electron chi connectivity index (χ2n) is 5.11. The second-order valence-corrected chi connectivity index (χ2v) is 7.04. The summed E-state index contributed by atoms with van der Waals surface area (Å²) in [7, 11) is -3.42. The molecule has 0 unspecified atom stereocenters. The van der Waals surface area contributed by atoms with Gasteiger partial charge >= 0.3 is 0 Å². The minimum Gasteiger partial charge on any atom is -0.394 e. The Balaban J connectivity index is 1.90. The zero-order valence-corrected chi connectivity index (χ0v) is 13.4. The average Bonchev–Trinajstić information content (AvgIpc) is 2.56. The first-order chi connectivity index (χ1) is 10.6. The standard InChI is InChI=1S/C14H23N3O4S/c18-9-11-21-10-6-15-14-5-4-13(12-16-14)22(19,20)17-7-2-1-3-8-17/h4-5,12,18H,1-3,6-11H2,(H,15,16). The summed E-state index contributed by atoms with van der Waals surface area (Å²) in [5.41, 5.74) is 0. The molecule has 0 aromatic carbocycles. The van der Waals surface area contributed by atoms with Gasteiger partial charge in [0.25, 0.3) is 0 Å². The highest BCUT2D eigenvalue weighted by atomic mass is 32.2. The highest BCUT2D eigenvalue weighted by molar-refractivity contribution is 7.89. The van der Waals surface area contributed by atoms with Gasteiger partial charge in [-0.1, -0.05) is 6.42 Å². The second kappa shape index (κ2) is 8.42. The quantitative estimate of drug-likeness (QED) is 0.681. The van der Waals surface area contributed by atoms with Crippen molar-refractivity contribution in [2.24, 2.45) is 0 Å². The Labute approximate surface area is 131 Å². The minimum atomic E-state index is -3.42. The van der Waals surface area contributed by atoms with Crippen molar-refractivity contribution in [2.75, 3.05) is 44.8 Å². The van der Waals surface area contributed by atoms with Crippen LogP contribution in [0.2, 0.25) is 0 Å². The largest absolute Gasteiger partial charge is 0.394 e. The number of pyridine rings is 1. The molecule has 0 amide bonds. The van der Waals surface area contributed by atoms with E-state index in [2.05, 4.69) is 10.3 Å². The van der Waals surface area contributed by atoms with Gasteiger partial charge in [-0.15, -0.1) is 0 Å². The lowest BCUT2D eigenvalue weighted by atomic mass is 10.2. The van der Waals surface area contributed by atoms with Gasteiger partial charge in [-0.2, -0.15) is 4.31 Å². The van der Waals surface area contributed by atoms with E-state index in [0.29, 0.717) is 38.7 Å². The van der Waals surface area contributed by atoms with Crippen LogP contribution in [0.3, 0.4) is 0 Å². The van der Waals surface area contributed by atoms with E-state index >= 15 is 0 Å². The van der Waals surface area contributed by atoms with Gasteiger partial charge in [0.05, 0.1) is 19.8 Å². The number of anilines is 1. The van der Waals surface area contributed by atoms with Crippen LogP contribution in [0.4, 0.5) is 5.82 Å². The number of hydrogen-bond donors (Lipinski definition) is 2. The molecule has 0 bridgehead atoms. The van der Waals surface area contributed by atoms with Crippen molar-refractivity contribution in [3.8, 4) is 0 Å². The number of aromatic nitrogens is 1. The molecule has 8 heteroatoms. The number of piperidine rings is 1. The lowest BCUT2D eigenvalue weighted by Gasteiger charge is -2.25. The van der Waals surface area contributed by atoms with E-state index in [-0.39, 0.29) is 11.5 Å². The topological polar surface area (TPSA) is 91.8 Å². The van der Waals surface area contributed by atoms with Crippen LogP contribution < -0.4 is 5.32 Å². The van der Waals surface area contributed by atoms with Crippen LogP contribution in [0.5, 0.6) is 0 Å². The number of ether oxygens (including phenoxy) is 1. The Hall–Kier alpha value is -1.22. The van der Waals surface area contributed by atoms with Gasteiger partial charge in [-0.25, -0.2) is 13.4 Å². The van der Waals surface area contributed by atoms with Crippen LogP contribution in [0.15, 0.2) is 23.2 Å². The number of aliphatic hydroxyl groups excluding tert-OH is 1. The van der Waals surface area contributed by atoms with Crippen LogP contribution in [0, 0.1) is 0 Å². The molecule has 1 aliphatic heterocycles. The SMILES string of the molecule is O=S(=O)(c1ccc(NCCOCCO)nc1)N1CCCCC1. The molecule has 7 nitrogen and oxygen atoms in total. The van der Waals surface area contributed by atoms with Crippen molar-refractivity contribution in [3.63, 3.8) is 0 Å². The van der Waals surface area contributed by atoms with Crippen molar-refractivity contribution in [3.05, 3.63) is 18.3 Å². The summed E-state index contributed by atoms with van der Waals surface area (Å²) in [5, 5.41) is 11.6. The van der Waals surface area contributed by atoms with Gasteiger partial charge in [0, 0.05) is 25.8 Å². The molecule has 2 N–H and O–H groups in total. The lowest BCUT2D eigenvalue weighted by molar-refractivity contribution is 0.0992. The summed E-state index contributed by atoms with van der Waals surface area (Å²) in [6.45, 7) is 2.49. The Morgan fingerprint density at radius 1 is 1.23 bits per heavy atom. The predicted octanol–water partition coefficient (Wildman–Crippen LogP) is 0.677. The van der Waals surface area contributed by atoms with Gasteiger partial charge in [-0.3, -0.25) is 0 Å². The third-order valence-electron chi connectivity index (χ3n) is 3.48. The monoisotopic (exact) mass is 329 g/mol. The van der Waals surface area contributed by atoms with Crippen molar-refractivity contribution < 1.29 is 18.3 Å². The van der Waals surface area contributed by atoms with Gasteiger partial charge in [0.1, 0.15) is 10.7 Å². The third kappa shape index (κ3) is 4.64. The van der Waals surface area contributed by atoms with Gasteiger partial charge < -0.3 is 15.2 Å². The predicted molar refractivity (Wildman–Crippen MR) is 83.2 cm³/mol. The highest BCUT2D eigenvalue weighted by Gasteiger charge is 2.25. The van der Waals surface area contributed by atoms with Gasteiger partial charge in [0.15, 0.2) is 0 Å². The maximum Gasteiger partial charge on any atom is 0.244 e. The summed E-state index contributed by atoms with van der Waals surface area (Å²) in [6.07, 6.45) is 4.31. The number of hydrogen-bond acceptors (Lipinski definition) is 6. The molecule has 124 valence electrons. The van der Waals surface area contributed by atoms with Crippen molar-refractivity contribution in [1.29, 1.82) is 0 Å². The van der Waals surface area contributed by atoms with E-state index in [4.69, 9.17) is 9.84 Å². The molecule has 2 rings (SSSR count). The first-order valence-corrected chi connectivity index (χ1v) is 8.97. The zero-order chi connectivity index (χ0) is 15.8. The van der Waals surface area contributed by atoms with Crippen LogP contribution in [-0.4, -0.2) is 62.3 Å². The molecule has 1 saturated heterocycles. The molecule has 1 aromatic heterocycles. The molecule has 2 heterocycles. The van der Waals surface area contributed by atoms with Gasteiger partial charge in [-0.05, 0) is 25.0 Å². The Bertz CT molecular complexity index is 542. The third-order valence-corrected chi connectivity index (χ3v) is 5.36. The van der Waals surface area contributed by atoms with Crippen molar-refractivity contribution in [2.45, 2.75) is 24.2 Å². The fraction of sp³-hybridized carbons (Fsp3) is 0.643. The van der Waals surface area contributed by atoms with Crippen LogP contribution in [0.25, 0.3) is 0 Å². The highest BCUT2D eigenvalue weighted by Crippen LogP contribution is 2.20. The number of nitrogens with zero attached hydrogens (tertiary/aromatic N) is 2. The molecule has 22 heavy (non-hydrogen) atoms. The first-order valence-electron chi connectivity index (χ1n) is 7.53. The molecule has 0 atom stereocenters. The smallest absolute Gasteiger partial charge is 0.244 e. The minimum absolute atomic E-state index is 0.00130. The summed E-state index contributed by atoms with van der Waals surface area (Å²) in [6, 6.07) is 3.23. The molecule has 1 fully saturated rings. The number of nitrogens with one attached hydrogen (secondary N) is 1.